The van der Waals surface area contributed by atoms with Gasteiger partial charge in [0.2, 0.25) is 0 Å². The molecule has 0 bridgehead atoms. The molecule has 0 aliphatic heterocycles. The molecule has 2 aromatic carbocycles. The average molecular weight is 328 g/mol. The summed E-state index contributed by atoms with van der Waals surface area (Å²) < 4.78 is 24.7. The van der Waals surface area contributed by atoms with E-state index in [-0.39, 0.29) is 4.90 Å². The van der Waals surface area contributed by atoms with Gasteiger partial charge in [0.15, 0.2) is 0 Å². The van der Waals surface area contributed by atoms with E-state index in [9.17, 15) is 8.42 Å². The molecule has 0 aliphatic rings. The average Bonchev–Trinajstić information content (AvgIpc) is 2.46. The number of rotatable bonds is 5. The van der Waals surface area contributed by atoms with Crippen LogP contribution in [0, 0.1) is 20.8 Å². The lowest BCUT2D eigenvalue weighted by Gasteiger charge is -2.11. The first-order chi connectivity index (χ1) is 10.9. The second-order valence-corrected chi connectivity index (χ2v) is 6.97. The van der Waals surface area contributed by atoms with Crippen molar-refractivity contribution in [3.8, 4) is 0 Å². The van der Waals surface area contributed by atoms with Gasteiger partial charge >= 0.3 is 0 Å². The molecule has 1 N–H and O–H groups in total. The number of hydrazone groups is 1. The van der Waals surface area contributed by atoms with Gasteiger partial charge in [-0.15, -0.1) is 0 Å². The summed E-state index contributed by atoms with van der Waals surface area (Å²) in [7, 11) is -3.67. The Morgan fingerprint density at radius 1 is 1.00 bits per heavy atom. The Morgan fingerprint density at radius 3 is 2.22 bits per heavy atom. The molecule has 0 spiro atoms. The van der Waals surface area contributed by atoms with Crippen molar-refractivity contribution in [2.45, 2.75) is 25.7 Å². The van der Waals surface area contributed by atoms with Gasteiger partial charge in [0.25, 0.3) is 10.0 Å². The van der Waals surface area contributed by atoms with E-state index in [1.165, 1.54) is 6.21 Å². The Kier molecular flexibility index (Phi) is 5.34. The highest BCUT2D eigenvalue weighted by atomic mass is 32.2. The first-order valence-electron chi connectivity index (χ1n) is 7.24. The molecule has 2 aromatic rings. The quantitative estimate of drug-likeness (QED) is 0.673. The van der Waals surface area contributed by atoms with Crippen molar-refractivity contribution in [3.05, 3.63) is 70.8 Å². The number of nitrogens with zero attached hydrogens (tertiary/aromatic N) is 1. The number of hydrogen-bond acceptors (Lipinski definition) is 3. The van der Waals surface area contributed by atoms with Gasteiger partial charge in [-0.05, 0) is 43.5 Å². The fourth-order valence-electron chi connectivity index (χ4n) is 2.50. The third-order valence-corrected chi connectivity index (χ3v) is 4.82. The molecule has 0 aliphatic carbocycles. The molecule has 0 atom stereocenters. The van der Waals surface area contributed by atoms with Gasteiger partial charge in [-0.1, -0.05) is 54.1 Å². The fraction of sp³-hybridized carbons (Fsp3) is 0.167. The summed E-state index contributed by atoms with van der Waals surface area (Å²) in [4.78, 5) is 2.54. The number of nitrogens with one attached hydrogen (secondary N) is 1. The van der Waals surface area contributed by atoms with E-state index in [0.717, 1.165) is 11.1 Å². The van der Waals surface area contributed by atoms with Crippen molar-refractivity contribution in [1.82, 2.24) is 4.83 Å². The third kappa shape index (κ3) is 4.53. The Labute approximate surface area is 137 Å². The lowest BCUT2D eigenvalue weighted by atomic mass is 10.1. The smallest absolute Gasteiger partial charge is 0.200 e. The highest BCUT2D eigenvalue weighted by Crippen LogP contribution is 2.21. The van der Waals surface area contributed by atoms with Crippen LogP contribution < -0.4 is 4.83 Å². The normalized spacial score (nSPS) is 12.1. The molecule has 0 amide bonds. The lowest BCUT2D eigenvalue weighted by molar-refractivity contribution is 0.583. The van der Waals surface area contributed by atoms with Crippen molar-refractivity contribution in [3.63, 3.8) is 0 Å². The Balaban J connectivity index is 2.11. The maximum Gasteiger partial charge on any atom is 0.277 e. The fourth-order valence-corrected chi connectivity index (χ4v) is 3.75. The summed E-state index contributed by atoms with van der Waals surface area (Å²) >= 11 is 0. The van der Waals surface area contributed by atoms with E-state index in [1.54, 1.807) is 19.9 Å². The van der Waals surface area contributed by atoms with E-state index >= 15 is 0 Å². The van der Waals surface area contributed by atoms with E-state index < -0.39 is 10.0 Å². The SMILES string of the molecule is Cc1cc(C)c(S(=O)(=O)N/N=C/C=C/c2ccccc2)c(C)c1. The third-order valence-electron chi connectivity index (χ3n) is 3.30. The monoisotopic (exact) mass is 328 g/mol. The molecule has 0 fully saturated rings. The molecule has 4 nitrogen and oxygen atoms in total. The van der Waals surface area contributed by atoms with Crippen LogP contribution in [0.5, 0.6) is 0 Å². The Bertz CT molecular complexity index is 816. The van der Waals surface area contributed by atoms with Crippen LogP contribution in [-0.4, -0.2) is 14.6 Å². The zero-order valence-corrected chi connectivity index (χ0v) is 14.3. The molecule has 120 valence electrons. The minimum atomic E-state index is -3.67. The maximum absolute atomic E-state index is 12.4. The van der Waals surface area contributed by atoms with E-state index in [2.05, 4.69) is 9.93 Å². The second kappa shape index (κ2) is 7.24. The van der Waals surface area contributed by atoms with Gasteiger partial charge in [-0.3, -0.25) is 0 Å². The molecule has 0 aromatic heterocycles. The molecule has 0 saturated heterocycles. The first-order valence-corrected chi connectivity index (χ1v) is 8.73. The molecule has 0 radical (unpaired) electrons. The molecule has 2 rings (SSSR count). The van der Waals surface area contributed by atoms with Gasteiger partial charge in [0.05, 0.1) is 4.90 Å². The van der Waals surface area contributed by atoms with Crippen molar-refractivity contribution >= 4 is 22.3 Å². The zero-order valence-electron chi connectivity index (χ0n) is 13.4. The Hall–Kier alpha value is -2.40. The van der Waals surface area contributed by atoms with Crippen LogP contribution in [0.15, 0.2) is 58.5 Å². The van der Waals surface area contributed by atoms with Crippen LogP contribution in [0.2, 0.25) is 0 Å². The summed E-state index contributed by atoms with van der Waals surface area (Å²) in [5.41, 5.74) is 3.48. The number of sulfonamides is 1. The predicted molar refractivity (Wildman–Crippen MR) is 94.9 cm³/mol. The molecule has 5 heteroatoms. The number of hydrogen-bond donors (Lipinski definition) is 1. The van der Waals surface area contributed by atoms with Crippen LogP contribution >= 0.6 is 0 Å². The van der Waals surface area contributed by atoms with Crippen LogP contribution in [0.4, 0.5) is 0 Å². The summed E-state index contributed by atoms with van der Waals surface area (Å²) in [6.07, 6.45) is 4.95. The first kappa shape index (κ1) is 17.0. The largest absolute Gasteiger partial charge is 0.277 e. The van der Waals surface area contributed by atoms with Crippen molar-refractivity contribution in [2.24, 2.45) is 5.10 Å². The van der Waals surface area contributed by atoms with Gasteiger partial charge < -0.3 is 0 Å². The highest BCUT2D eigenvalue weighted by Gasteiger charge is 2.18. The maximum atomic E-state index is 12.4. The van der Waals surface area contributed by atoms with Gasteiger partial charge in [-0.2, -0.15) is 13.5 Å². The molecule has 0 unspecified atom stereocenters. The van der Waals surface area contributed by atoms with Crippen molar-refractivity contribution < 1.29 is 8.42 Å². The van der Waals surface area contributed by atoms with Crippen LogP contribution in [0.1, 0.15) is 22.3 Å². The molecule has 0 saturated carbocycles. The van der Waals surface area contributed by atoms with Gasteiger partial charge in [0.1, 0.15) is 0 Å². The number of benzene rings is 2. The minimum absolute atomic E-state index is 0.285. The lowest BCUT2D eigenvalue weighted by Crippen LogP contribution is -2.20. The van der Waals surface area contributed by atoms with Crippen molar-refractivity contribution in [1.29, 1.82) is 0 Å². The second-order valence-electron chi connectivity index (χ2n) is 5.37. The molecular weight excluding hydrogens is 308 g/mol. The van der Waals surface area contributed by atoms with Gasteiger partial charge in [-0.25, -0.2) is 4.83 Å². The van der Waals surface area contributed by atoms with Crippen LogP contribution in [-0.2, 0) is 10.0 Å². The minimum Gasteiger partial charge on any atom is -0.200 e. The molecule has 0 heterocycles. The summed E-state index contributed by atoms with van der Waals surface area (Å²) in [6, 6.07) is 13.4. The summed E-state index contributed by atoms with van der Waals surface area (Å²) in [6.45, 7) is 5.51. The van der Waals surface area contributed by atoms with E-state index in [4.69, 9.17) is 0 Å². The van der Waals surface area contributed by atoms with Gasteiger partial charge in [0, 0.05) is 6.21 Å². The number of allylic oxidation sites excluding steroid dienone is 1. The highest BCUT2D eigenvalue weighted by molar-refractivity contribution is 7.89. The topological polar surface area (TPSA) is 58.5 Å². The van der Waals surface area contributed by atoms with E-state index in [1.807, 2.05) is 55.5 Å². The van der Waals surface area contributed by atoms with Crippen LogP contribution in [0.3, 0.4) is 0 Å². The predicted octanol–water partition coefficient (Wildman–Crippen LogP) is 3.59. The van der Waals surface area contributed by atoms with Crippen LogP contribution in [0.25, 0.3) is 6.08 Å². The summed E-state index contributed by atoms with van der Waals surface area (Å²) in [5.74, 6) is 0. The summed E-state index contributed by atoms with van der Waals surface area (Å²) in [5, 5.41) is 3.79. The zero-order chi connectivity index (χ0) is 16.9. The van der Waals surface area contributed by atoms with Crippen molar-refractivity contribution in [2.75, 3.05) is 0 Å². The Morgan fingerprint density at radius 2 is 1.61 bits per heavy atom. The number of aryl methyl sites for hydroxylation is 3. The standard InChI is InChI=1S/C18H20N2O2S/c1-14-12-15(2)18(16(3)13-14)23(21,22)20-19-11-7-10-17-8-5-4-6-9-17/h4-13,20H,1-3H3/b10-7+,19-11+. The molecular formula is C18H20N2O2S. The molecule has 23 heavy (non-hydrogen) atoms. The van der Waals surface area contributed by atoms with E-state index in [0.29, 0.717) is 11.1 Å².